The van der Waals surface area contributed by atoms with E-state index in [0.717, 1.165) is 13.2 Å². The lowest BCUT2D eigenvalue weighted by atomic mass is 10.2. The van der Waals surface area contributed by atoms with Crippen LogP contribution in [0.2, 0.25) is 0 Å². The number of phenols is 1. The van der Waals surface area contributed by atoms with E-state index in [2.05, 4.69) is 47.8 Å². The Kier molecular flexibility index (Phi) is 20.1. The topological polar surface area (TPSA) is 88.4 Å². The van der Waals surface area contributed by atoms with E-state index in [4.69, 9.17) is 29.5 Å². The van der Waals surface area contributed by atoms with E-state index in [1.165, 1.54) is 12.8 Å². The third-order valence-electron chi connectivity index (χ3n) is 6.05. The molecule has 1 heterocycles. The average Bonchev–Trinajstić information content (AvgIpc) is 3.63. The molecule has 3 N–H and O–H groups in total. The molecule has 3 aromatic carbocycles. The van der Waals surface area contributed by atoms with Crippen molar-refractivity contribution < 1.29 is 69.0 Å². The van der Waals surface area contributed by atoms with Gasteiger partial charge in [-0.25, -0.2) is 39.5 Å². The van der Waals surface area contributed by atoms with Gasteiger partial charge in [-0.1, -0.05) is 0 Å². The molecule has 0 saturated carbocycles. The zero-order chi connectivity index (χ0) is 38.5. The molecule has 0 aromatic heterocycles. The Balaban J connectivity index is 0.000000438. The van der Waals surface area contributed by atoms with Crippen LogP contribution in [0.3, 0.4) is 0 Å². The van der Waals surface area contributed by atoms with Gasteiger partial charge in [-0.2, -0.15) is 0 Å². The molecule has 4 atom stereocenters. The fraction of sp³-hybridized carbons (Fsp3) is 0.438. The van der Waals surface area contributed by atoms with Gasteiger partial charge in [0.05, 0.1) is 37.8 Å². The summed E-state index contributed by atoms with van der Waals surface area (Å²) in [6.45, 7) is 8.41. The molecular weight excluding hydrogens is 891 g/mol. The zero-order valence-electron chi connectivity index (χ0n) is 26.9. The van der Waals surface area contributed by atoms with Gasteiger partial charge in [-0.05, 0) is 94.7 Å². The summed E-state index contributed by atoms with van der Waals surface area (Å²) in [5.41, 5.74) is 0. The van der Waals surface area contributed by atoms with Crippen LogP contribution in [0.25, 0.3) is 0 Å². The summed E-state index contributed by atoms with van der Waals surface area (Å²) in [4.78, 5) is 0. The van der Waals surface area contributed by atoms with E-state index in [9.17, 15) is 39.5 Å². The predicted octanol–water partition coefficient (Wildman–Crippen LogP) is 10.2. The first kappa shape index (κ1) is 45.8. The van der Waals surface area contributed by atoms with Crippen molar-refractivity contribution >= 4 is 47.8 Å². The second-order valence-electron chi connectivity index (χ2n) is 10.8. The minimum atomic E-state index is -1.64. The van der Waals surface area contributed by atoms with Crippen LogP contribution in [0.4, 0.5) is 39.5 Å². The summed E-state index contributed by atoms with van der Waals surface area (Å²) in [5, 5.41) is 25.8. The summed E-state index contributed by atoms with van der Waals surface area (Å²) in [6.07, 6.45) is 1.06. The largest absolute Gasteiger partial charge is 0.507 e. The van der Waals surface area contributed by atoms with Gasteiger partial charge in [0, 0.05) is 37.8 Å². The lowest BCUT2D eigenvalue weighted by Gasteiger charge is -2.21. The van der Waals surface area contributed by atoms with Crippen LogP contribution in [0.5, 0.6) is 17.2 Å². The molecule has 1 aliphatic heterocycles. The highest BCUT2D eigenvalue weighted by Gasteiger charge is 2.23. The van der Waals surface area contributed by atoms with Crippen LogP contribution < -0.4 is 9.47 Å². The van der Waals surface area contributed by atoms with Gasteiger partial charge < -0.3 is 29.5 Å². The predicted molar refractivity (Wildman–Crippen MR) is 177 cm³/mol. The number of hydrogen-bond acceptors (Lipinski definition) is 6. The molecule has 50 heavy (non-hydrogen) atoms. The summed E-state index contributed by atoms with van der Waals surface area (Å²) in [5.74, 6) is -14.6. The molecule has 282 valence electrons. The Hall–Kier alpha value is -2.25. The lowest BCUT2D eigenvalue weighted by Crippen LogP contribution is -2.23. The maximum atomic E-state index is 13.5. The normalized spacial score (nSPS) is 14.5. The van der Waals surface area contributed by atoms with Crippen molar-refractivity contribution in [2.45, 2.75) is 77.8 Å². The van der Waals surface area contributed by atoms with Crippen LogP contribution in [0.1, 0.15) is 53.4 Å². The highest BCUT2D eigenvalue weighted by atomic mass is 79.9. The second-order valence-corrected chi connectivity index (χ2v) is 13.1. The molecule has 18 heteroatoms. The van der Waals surface area contributed by atoms with Crippen LogP contribution >= 0.6 is 47.8 Å². The first-order valence-corrected chi connectivity index (χ1v) is 17.0. The fourth-order valence-corrected chi connectivity index (χ4v) is 4.89. The van der Waals surface area contributed by atoms with E-state index in [1.54, 1.807) is 27.7 Å². The minimum Gasteiger partial charge on any atom is -0.507 e. The van der Waals surface area contributed by atoms with E-state index < -0.39 is 74.8 Å². The summed E-state index contributed by atoms with van der Waals surface area (Å²) >= 11 is 8.10. The van der Waals surface area contributed by atoms with Crippen molar-refractivity contribution in [2.24, 2.45) is 0 Å². The highest BCUT2D eigenvalue weighted by Crippen LogP contribution is 2.34. The molecule has 0 aliphatic carbocycles. The summed E-state index contributed by atoms with van der Waals surface area (Å²) in [6, 6.07) is 1.86. The van der Waals surface area contributed by atoms with Gasteiger partial charge in [-0.15, -0.1) is 0 Å². The smallest absolute Gasteiger partial charge is 0.195 e. The van der Waals surface area contributed by atoms with E-state index in [1.807, 2.05) is 0 Å². The standard InChI is InChI=1S/C17H12Br2F6O2.C6H2BrF3O.C5H12O2.C4H8O/c1-6(26-10-4-8(20)14(22)16(24)12(10)18)3-7(2)27-11-5-9(21)15(23)17(25)13(11)19;7-4-3(11)1-2(8)5(9)6(4)10;1-4(6)3-5(2)7;1-2-4-5-3-1/h4-7H,3H2,1-2H3;1,11H;4-7H,3H2,1-2H3;1-4H2/t6-,7+;;4-,5+;. The molecule has 0 unspecified atom stereocenters. The third-order valence-corrected chi connectivity index (χ3v) is 8.28. The monoisotopic (exact) mass is 922 g/mol. The number of hydrogen-bond donors (Lipinski definition) is 3. The van der Waals surface area contributed by atoms with Crippen molar-refractivity contribution in [3.63, 3.8) is 0 Å². The van der Waals surface area contributed by atoms with E-state index >= 15 is 0 Å². The van der Waals surface area contributed by atoms with Gasteiger partial charge in [0.1, 0.15) is 17.2 Å². The molecule has 0 bridgehead atoms. The van der Waals surface area contributed by atoms with Gasteiger partial charge in [0.15, 0.2) is 52.4 Å². The molecule has 0 amide bonds. The fourth-order valence-electron chi connectivity index (χ4n) is 3.84. The van der Waals surface area contributed by atoms with E-state index in [0.29, 0.717) is 24.6 Å². The molecule has 0 radical (unpaired) electrons. The van der Waals surface area contributed by atoms with Crippen LogP contribution in [0.15, 0.2) is 31.6 Å². The summed E-state index contributed by atoms with van der Waals surface area (Å²) in [7, 11) is 0. The number of ether oxygens (including phenoxy) is 3. The molecule has 3 aromatic rings. The first-order valence-electron chi connectivity index (χ1n) is 14.6. The van der Waals surface area contributed by atoms with E-state index in [-0.39, 0.29) is 39.1 Å². The molecule has 4 rings (SSSR count). The third kappa shape index (κ3) is 14.8. The first-order chi connectivity index (χ1) is 23.2. The van der Waals surface area contributed by atoms with Gasteiger partial charge in [0.25, 0.3) is 0 Å². The molecular formula is C32H34Br3F9O6. The van der Waals surface area contributed by atoms with Crippen molar-refractivity contribution in [1.29, 1.82) is 0 Å². The van der Waals surface area contributed by atoms with Gasteiger partial charge in [-0.3, -0.25) is 0 Å². The number of phenolic OH excluding ortho intramolecular Hbond substituents is 1. The number of benzene rings is 3. The molecule has 6 nitrogen and oxygen atoms in total. The Morgan fingerprint density at radius 1 is 0.580 bits per heavy atom. The SMILES string of the molecule is C1CCOC1.C[C@H](C[C@H](C)Oc1cc(F)c(F)c(F)c1Br)Oc1cc(F)c(F)c(F)c1Br.C[C@H](O)C[C@@H](C)O.Oc1cc(F)c(F)c(F)c1Br. The Bertz CT molecular complexity index is 1440. The number of aliphatic hydroxyl groups excluding tert-OH is 2. The summed E-state index contributed by atoms with van der Waals surface area (Å²) < 4.78 is 131. The van der Waals surface area contributed by atoms with Gasteiger partial charge in [0.2, 0.25) is 0 Å². The number of aromatic hydroxyl groups is 1. The molecule has 1 saturated heterocycles. The Morgan fingerprint density at radius 3 is 1.22 bits per heavy atom. The maximum absolute atomic E-state index is 13.5. The second kappa shape index (κ2) is 22.0. The maximum Gasteiger partial charge on any atom is 0.195 e. The number of halogens is 12. The minimum absolute atomic E-state index is 0.125. The molecule has 1 fully saturated rings. The molecule has 0 spiro atoms. The van der Waals surface area contributed by atoms with Crippen molar-refractivity contribution in [2.75, 3.05) is 13.2 Å². The number of rotatable bonds is 8. The van der Waals surface area contributed by atoms with Crippen LogP contribution in [-0.4, -0.2) is 52.9 Å². The molecule has 1 aliphatic rings. The van der Waals surface area contributed by atoms with Crippen molar-refractivity contribution in [1.82, 2.24) is 0 Å². The van der Waals surface area contributed by atoms with Crippen molar-refractivity contribution in [3.8, 4) is 17.2 Å². The highest BCUT2D eigenvalue weighted by molar-refractivity contribution is 9.11. The Morgan fingerprint density at radius 2 is 0.920 bits per heavy atom. The van der Waals surface area contributed by atoms with Crippen LogP contribution in [-0.2, 0) is 4.74 Å². The average molecular weight is 925 g/mol. The van der Waals surface area contributed by atoms with Gasteiger partial charge >= 0.3 is 0 Å². The Labute approximate surface area is 307 Å². The van der Waals surface area contributed by atoms with Crippen LogP contribution in [0, 0.1) is 52.4 Å². The zero-order valence-corrected chi connectivity index (χ0v) is 31.6. The number of aliphatic hydroxyl groups is 2. The lowest BCUT2D eigenvalue weighted by molar-refractivity contribution is 0.102. The van der Waals surface area contributed by atoms with Crippen molar-refractivity contribution in [3.05, 3.63) is 84.0 Å². The quantitative estimate of drug-likeness (QED) is 0.119.